The number of carbonyl (C=O) groups excluding carboxylic acids is 1. The number of hydroxylamine groups is 1. The van der Waals surface area contributed by atoms with Crippen molar-refractivity contribution in [3.8, 4) is 11.5 Å². The van der Waals surface area contributed by atoms with E-state index in [1.807, 2.05) is 6.08 Å². The minimum Gasteiger partial charge on any atom is -0.504 e. The maximum atomic E-state index is 12.5. The topological polar surface area (TPSA) is 79.8 Å². The average Bonchev–Trinajstić information content (AvgIpc) is 3.04. The largest absolute Gasteiger partial charge is 0.504 e. The fraction of sp³-hybridized carbons (Fsp3) is 0.571. The first-order chi connectivity index (χ1) is 12.7. The van der Waals surface area contributed by atoms with E-state index in [4.69, 9.17) is 9.57 Å². The maximum Gasteiger partial charge on any atom is 0.269 e. The first kappa shape index (κ1) is 19.5. The third-order valence-electron chi connectivity index (χ3n) is 5.77. The summed E-state index contributed by atoms with van der Waals surface area (Å²) in [5.74, 6) is 0.950. The van der Waals surface area contributed by atoms with Crippen molar-refractivity contribution in [2.45, 2.75) is 58.6 Å². The molecule has 0 atom stereocenters. The maximum absolute atomic E-state index is 12.5. The lowest BCUT2D eigenvalue weighted by molar-refractivity contribution is -0.120. The molecule has 0 unspecified atom stereocenters. The van der Waals surface area contributed by atoms with Crippen LogP contribution in [0.2, 0.25) is 0 Å². The SMILES string of the molecule is COc1cc(CNC(=O)C2=CC3(CCC(C(C)(C)C)CC3)ON2)ccc1O. The molecule has 0 saturated heterocycles. The predicted molar refractivity (Wildman–Crippen MR) is 103 cm³/mol. The Balaban J connectivity index is 1.58. The molecule has 1 aliphatic heterocycles. The van der Waals surface area contributed by atoms with Crippen LogP contribution in [0, 0.1) is 11.3 Å². The van der Waals surface area contributed by atoms with E-state index in [1.165, 1.54) is 7.11 Å². The van der Waals surface area contributed by atoms with Crippen molar-refractivity contribution in [3.63, 3.8) is 0 Å². The molecule has 3 rings (SSSR count). The van der Waals surface area contributed by atoms with Crippen LogP contribution >= 0.6 is 0 Å². The molecule has 1 amide bonds. The molecular formula is C21H30N2O4. The first-order valence-electron chi connectivity index (χ1n) is 9.53. The molecule has 6 heteroatoms. The number of phenolic OH excluding ortho intramolecular Hbond substituents is 1. The molecule has 1 aromatic carbocycles. The zero-order chi connectivity index (χ0) is 19.7. The van der Waals surface area contributed by atoms with Gasteiger partial charge in [-0.2, -0.15) is 0 Å². The van der Waals surface area contributed by atoms with Crippen LogP contribution in [0.1, 0.15) is 52.0 Å². The van der Waals surface area contributed by atoms with Gasteiger partial charge in [0, 0.05) is 6.54 Å². The lowest BCUT2D eigenvalue weighted by atomic mass is 9.68. The Morgan fingerprint density at radius 2 is 2.07 bits per heavy atom. The second-order valence-corrected chi connectivity index (χ2v) is 8.66. The summed E-state index contributed by atoms with van der Waals surface area (Å²) in [5, 5.41) is 12.5. The number of methoxy groups -OCH3 is 1. The lowest BCUT2D eigenvalue weighted by Crippen LogP contribution is -2.37. The van der Waals surface area contributed by atoms with Gasteiger partial charge in [0.2, 0.25) is 0 Å². The van der Waals surface area contributed by atoms with Gasteiger partial charge in [-0.05, 0) is 60.8 Å². The van der Waals surface area contributed by atoms with Crippen molar-refractivity contribution < 1.29 is 19.5 Å². The molecule has 6 nitrogen and oxygen atoms in total. The van der Waals surface area contributed by atoms with Gasteiger partial charge in [0.15, 0.2) is 11.5 Å². The van der Waals surface area contributed by atoms with Crippen molar-refractivity contribution in [3.05, 3.63) is 35.5 Å². The van der Waals surface area contributed by atoms with Crippen LogP contribution in [-0.4, -0.2) is 23.7 Å². The second-order valence-electron chi connectivity index (χ2n) is 8.66. The predicted octanol–water partition coefficient (Wildman–Crippen LogP) is 3.41. The average molecular weight is 374 g/mol. The van der Waals surface area contributed by atoms with Gasteiger partial charge >= 0.3 is 0 Å². The zero-order valence-electron chi connectivity index (χ0n) is 16.6. The fourth-order valence-corrected chi connectivity index (χ4v) is 3.92. The Kier molecular flexibility index (Phi) is 5.38. The summed E-state index contributed by atoms with van der Waals surface area (Å²) < 4.78 is 5.09. The van der Waals surface area contributed by atoms with Crippen LogP contribution in [0.4, 0.5) is 0 Å². The Morgan fingerprint density at radius 3 is 2.70 bits per heavy atom. The molecule has 1 fully saturated rings. The van der Waals surface area contributed by atoms with E-state index in [0.29, 0.717) is 29.3 Å². The number of rotatable bonds is 4. The Labute approximate surface area is 160 Å². The smallest absolute Gasteiger partial charge is 0.269 e. The van der Waals surface area contributed by atoms with Crippen molar-refractivity contribution >= 4 is 5.91 Å². The molecule has 0 aromatic heterocycles. The number of phenols is 1. The highest BCUT2D eigenvalue weighted by atomic mass is 16.7. The van der Waals surface area contributed by atoms with Crippen LogP contribution in [0.15, 0.2) is 30.0 Å². The molecule has 3 N–H and O–H groups in total. The first-order valence-corrected chi connectivity index (χ1v) is 9.53. The molecule has 1 saturated carbocycles. The molecule has 1 heterocycles. The molecule has 0 radical (unpaired) electrons. The summed E-state index contributed by atoms with van der Waals surface area (Å²) >= 11 is 0. The van der Waals surface area contributed by atoms with Gasteiger partial charge in [-0.15, -0.1) is 0 Å². The Hall–Kier alpha value is -2.21. The quantitative estimate of drug-likeness (QED) is 0.753. The summed E-state index contributed by atoms with van der Waals surface area (Å²) in [6.07, 6.45) is 5.99. The number of amides is 1. The number of hydrogen-bond donors (Lipinski definition) is 3. The summed E-state index contributed by atoms with van der Waals surface area (Å²) in [5.41, 5.74) is 4.08. The van der Waals surface area contributed by atoms with Crippen LogP contribution in [0.5, 0.6) is 11.5 Å². The molecule has 1 aromatic rings. The van der Waals surface area contributed by atoms with Gasteiger partial charge in [0.05, 0.1) is 7.11 Å². The summed E-state index contributed by atoms with van der Waals surface area (Å²) in [7, 11) is 1.50. The normalized spacial score (nSPS) is 25.0. The van der Waals surface area contributed by atoms with E-state index in [2.05, 4.69) is 31.6 Å². The van der Waals surface area contributed by atoms with Crippen LogP contribution < -0.4 is 15.5 Å². The van der Waals surface area contributed by atoms with E-state index in [1.54, 1.807) is 18.2 Å². The monoisotopic (exact) mass is 374 g/mol. The van der Waals surface area contributed by atoms with Gasteiger partial charge in [-0.1, -0.05) is 26.8 Å². The number of carbonyl (C=O) groups is 1. The molecule has 2 aliphatic rings. The summed E-state index contributed by atoms with van der Waals surface area (Å²) in [6, 6.07) is 5.01. The highest BCUT2D eigenvalue weighted by molar-refractivity contribution is 5.93. The second kappa shape index (κ2) is 7.43. The van der Waals surface area contributed by atoms with Gasteiger partial charge in [-0.3, -0.25) is 15.1 Å². The van der Waals surface area contributed by atoms with Crippen LogP contribution in [0.25, 0.3) is 0 Å². The van der Waals surface area contributed by atoms with E-state index in [-0.39, 0.29) is 17.3 Å². The van der Waals surface area contributed by atoms with Crippen molar-refractivity contribution in [2.24, 2.45) is 11.3 Å². The minimum absolute atomic E-state index is 0.0777. The van der Waals surface area contributed by atoms with Gasteiger partial charge in [0.1, 0.15) is 11.3 Å². The third-order valence-corrected chi connectivity index (χ3v) is 5.77. The van der Waals surface area contributed by atoms with Crippen molar-refractivity contribution in [1.82, 2.24) is 10.8 Å². The summed E-state index contributed by atoms with van der Waals surface area (Å²) in [6.45, 7) is 7.21. The molecule has 27 heavy (non-hydrogen) atoms. The Bertz CT molecular complexity index is 728. The van der Waals surface area contributed by atoms with Gasteiger partial charge in [0.25, 0.3) is 5.91 Å². The zero-order valence-corrected chi connectivity index (χ0v) is 16.6. The minimum atomic E-state index is -0.365. The van der Waals surface area contributed by atoms with E-state index in [0.717, 1.165) is 31.2 Å². The molecule has 0 bridgehead atoms. The lowest BCUT2D eigenvalue weighted by Gasteiger charge is -2.40. The van der Waals surface area contributed by atoms with E-state index < -0.39 is 0 Å². The number of hydrogen-bond acceptors (Lipinski definition) is 5. The number of aromatic hydroxyl groups is 1. The van der Waals surface area contributed by atoms with Gasteiger partial charge in [-0.25, -0.2) is 0 Å². The van der Waals surface area contributed by atoms with E-state index in [9.17, 15) is 9.90 Å². The van der Waals surface area contributed by atoms with Crippen LogP contribution in [0.3, 0.4) is 0 Å². The van der Waals surface area contributed by atoms with Crippen LogP contribution in [-0.2, 0) is 16.2 Å². The molecular weight excluding hydrogens is 344 g/mol. The van der Waals surface area contributed by atoms with Crippen molar-refractivity contribution in [1.29, 1.82) is 0 Å². The van der Waals surface area contributed by atoms with Crippen molar-refractivity contribution in [2.75, 3.05) is 7.11 Å². The number of benzene rings is 1. The highest BCUT2D eigenvalue weighted by Crippen LogP contribution is 2.44. The fourth-order valence-electron chi connectivity index (χ4n) is 3.92. The number of ether oxygens (including phenoxy) is 1. The standard InChI is InChI=1S/C21H30N2O4/c1-20(2,3)15-7-9-21(10-8-15)12-16(23-27-21)19(25)22-13-14-5-6-17(24)18(11-14)26-4/h5-6,11-12,15,23-24H,7-10,13H2,1-4H3,(H,22,25). The third kappa shape index (κ3) is 4.38. The number of nitrogens with one attached hydrogen (secondary N) is 2. The highest BCUT2D eigenvalue weighted by Gasteiger charge is 2.42. The molecule has 1 spiro atoms. The van der Waals surface area contributed by atoms with Gasteiger partial charge < -0.3 is 15.2 Å². The summed E-state index contributed by atoms with van der Waals surface area (Å²) in [4.78, 5) is 18.3. The Morgan fingerprint density at radius 1 is 1.37 bits per heavy atom. The van der Waals surface area contributed by atoms with E-state index >= 15 is 0 Å². The molecule has 148 valence electrons. The molecule has 1 aliphatic carbocycles.